The van der Waals surface area contributed by atoms with E-state index in [-0.39, 0.29) is 5.91 Å². The Balaban J connectivity index is 1.88. The van der Waals surface area contributed by atoms with E-state index in [9.17, 15) is 4.79 Å². The standard InChI is InChI=1S/C18H22N2OS/c1-3-22-17-12-8-7-11-16(17)18(21)19-13-14-20(2)15-9-5-4-6-10-15/h4-12H,3,13-14H2,1-2H3,(H,19,21). The number of benzene rings is 2. The molecular weight excluding hydrogens is 292 g/mol. The predicted molar refractivity (Wildman–Crippen MR) is 94.9 cm³/mol. The fraction of sp³-hybridized carbons (Fsp3) is 0.278. The molecule has 3 nitrogen and oxygen atoms in total. The van der Waals surface area contributed by atoms with Crippen LogP contribution in [0.2, 0.25) is 0 Å². The topological polar surface area (TPSA) is 32.3 Å². The first-order valence-corrected chi connectivity index (χ1v) is 8.47. The van der Waals surface area contributed by atoms with E-state index in [1.165, 1.54) is 0 Å². The molecule has 0 aliphatic rings. The lowest BCUT2D eigenvalue weighted by atomic mass is 10.2. The van der Waals surface area contributed by atoms with Gasteiger partial charge in [0.1, 0.15) is 0 Å². The van der Waals surface area contributed by atoms with E-state index in [0.717, 1.165) is 28.4 Å². The second-order valence-corrected chi connectivity index (χ2v) is 6.25. The van der Waals surface area contributed by atoms with E-state index >= 15 is 0 Å². The van der Waals surface area contributed by atoms with Crippen LogP contribution in [0.15, 0.2) is 59.5 Å². The summed E-state index contributed by atoms with van der Waals surface area (Å²) in [5.74, 6) is 0.958. The van der Waals surface area contributed by atoms with Crippen molar-refractivity contribution in [3.8, 4) is 0 Å². The van der Waals surface area contributed by atoms with Crippen LogP contribution in [0.4, 0.5) is 5.69 Å². The summed E-state index contributed by atoms with van der Waals surface area (Å²) in [5, 5.41) is 3.00. The number of carbonyl (C=O) groups is 1. The third-order valence-electron chi connectivity index (χ3n) is 3.36. The molecule has 0 saturated heterocycles. The van der Waals surface area contributed by atoms with Gasteiger partial charge in [-0.15, -0.1) is 11.8 Å². The van der Waals surface area contributed by atoms with Gasteiger partial charge >= 0.3 is 0 Å². The van der Waals surface area contributed by atoms with Crippen molar-refractivity contribution in [1.29, 1.82) is 0 Å². The van der Waals surface area contributed by atoms with Gasteiger partial charge in [0.05, 0.1) is 5.56 Å². The Labute approximate surface area is 136 Å². The molecule has 0 fully saturated rings. The molecule has 0 radical (unpaired) electrons. The molecule has 1 amide bonds. The average Bonchev–Trinajstić information content (AvgIpc) is 2.56. The number of para-hydroxylation sites is 1. The van der Waals surface area contributed by atoms with Crippen LogP contribution in [0.25, 0.3) is 0 Å². The van der Waals surface area contributed by atoms with Gasteiger partial charge in [-0.05, 0) is 30.0 Å². The second kappa shape index (κ2) is 8.49. The number of nitrogens with one attached hydrogen (secondary N) is 1. The average molecular weight is 314 g/mol. The van der Waals surface area contributed by atoms with Gasteiger partial charge < -0.3 is 10.2 Å². The Kier molecular flexibility index (Phi) is 6.34. The fourth-order valence-electron chi connectivity index (χ4n) is 2.18. The molecule has 2 aromatic carbocycles. The van der Waals surface area contributed by atoms with E-state index in [4.69, 9.17) is 0 Å². The van der Waals surface area contributed by atoms with Crippen molar-refractivity contribution in [2.24, 2.45) is 0 Å². The summed E-state index contributed by atoms with van der Waals surface area (Å²) in [4.78, 5) is 15.5. The molecule has 4 heteroatoms. The van der Waals surface area contributed by atoms with E-state index in [0.29, 0.717) is 6.54 Å². The molecule has 0 bridgehead atoms. The van der Waals surface area contributed by atoms with Crippen LogP contribution in [-0.4, -0.2) is 31.8 Å². The van der Waals surface area contributed by atoms with Gasteiger partial charge in [-0.2, -0.15) is 0 Å². The first-order valence-electron chi connectivity index (χ1n) is 7.48. The zero-order chi connectivity index (χ0) is 15.8. The maximum absolute atomic E-state index is 12.3. The maximum atomic E-state index is 12.3. The molecule has 22 heavy (non-hydrogen) atoms. The van der Waals surface area contributed by atoms with E-state index < -0.39 is 0 Å². The lowest BCUT2D eigenvalue weighted by molar-refractivity contribution is 0.0952. The van der Waals surface area contributed by atoms with Crippen molar-refractivity contribution in [1.82, 2.24) is 5.32 Å². The molecule has 0 heterocycles. The summed E-state index contributed by atoms with van der Waals surface area (Å²) < 4.78 is 0. The summed E-state index contributed by atoms with van der Waals surface area (Å²) >= 11 is 1.70. The number of likely N-dealkylation sites (N-methyl/N-ethyl adjacent to an activating group) is 1. The number of anilines is 1. The number of nitrogens with zero attached hydrogens (tertiary/aromatic N) is 1. The number of hydrogen-bond acceptors (Lipinski definition) is 3. The van der Waals surface area contributed by atoms with Gasteiger partial charge in [-0.1, -0.05) is 37.3 Å². The van der Waals surface area contributed by atoms with E-state index in [2.05, 4.69) is 29.3 Å². The first-order chi connectivity index (χ1) is 10.7. The quantitative estimate of drug-likeness (QED) is 0.792. The monoisotopic (exact) mass is 314 g/mol. The summed E-state index contributed by atoms with van der Waals surface area (Å²) in [6, 6.07) is 17.9. The van der Waals surface area contributed by atoms with Crippen LogP contribution in [0.1, 0.15) is 17.3 Å². The minimum atomic E-state index is -0.00184. The molecule has 0 atom stereocenters. The van der Waals surface area contributed by atoms with Gasteiger partial charge in [-0.25, -0.2) is 0 Å². The van der Waals surface area contributed by atoms with Crippen molar-refractivity contribution in [2.75, 3.05) is 30.8 Å². The lowest BCUT2D eigenvalue weighted by Gasteiger charge is -2.19. The zero-order valence-electron chi connectivity index (χ0n) is 13.1. The van der Waals surface area contributed by atoms with Crippen molar-refractivity contribution in [3.63, 3.8) is 0 Å². The fourth-order valence-corrected chi connectivity index (χ4v) is 2.98. The Morgan fingerprint density at radius 3 is 2.50 bits per heavy atom. The maximum Gasteiger partial charge on any atom is 0.252 e. The van der Waals surface area contributed by atoms with Crippen LogP contribution in [-0.2, 0) is 0 Å². The van der Waals surface area contributed by atoms with Gasteiger partial charge in [0, 0.05) is 30.7 Å². The summed E-state index contributed by atoms with van der Waals surface area (Å²) in [7, 11) is 2.03. The molecule has 0 spiro atoms. The summed E-state index contributed by atoms with van der Waals surface area (Å²) in [5.41, 5.74) is 1.91. The van der Waals surface area contributed by atoms with Gasteiger partial charge in [-0.3, -0.25) is 4.79 Å². The van der Waals surface area contributed by atoms with Crippen molar-refractivity contribution < 1.29 is 4.79 Å². The van der Waals surface area contributed by atoms with Crippen LogP contribution in [0, 0.1) is 0 Å². The van der Waals surface area contributed by atoms with Crippen molar-refractivity contribution in [3.05, 3.63) is 60.2 Å². The SMILES string of the molecule is CCSc1ccccc1C(=O)NCCN(C)c1ccccc1. The first kappa shape index (κ1) is 16.4. The highest BCUT2D eigenvalue weighted by molar-refractivity contribution is 7.99. The van der Waals surface area contributed by atoms with Gasteiger partial charge in [0.25, 0.3) is 5.91 Å². The van der Waals surface area contributed by atoms with Crippen molar-refractivity contribution >= 4 is 23.4 Å². The predicted octanol–water partition coefficient (Wildman–Crippen LogP) is 3.66. The van der Waals surface area contributed by atoms with Crippen LogP contribution < -0.4 is 10.2 Å². The summed E-state index contributed by atoms with van der Waals surface area (Å²) in [6.07, 6.45) is 0. The summed E-state index contributed by atoms with van der Waals surface area (Å²) in [6.45, 7) is 3.49. The largest absolute Gasteiger partial charge is 0.373 e. The number of hydrogen-bond donors (Lipinski definition) is 1. The molecule has 2 rings (SSSR count). The van der Waals surface area contributed by atoms with E-state index in [1.807, 2.05) is 49.5 Å². The Morgan fingerprint density at radius 1 is 1.09 bits per heavy atom. The van der Waals surface area contributed by atoms with Gasteiger partial charge in [0.2, 0.25) is 0 Å². The molecule has 2 aromatic rings. The molecule has 0 aliphatic carbocycles. The van der Waals surface area contributed by atoms with Crippen molar-refractivity contribution in [2.45, 2.75) is 11.8 Å². The van der Waals surface area contributed by atoms with Crippen LogP contribution in [0.3, 0.4) is 0 Å². The molecule has 0 unspecified atom stereocenters. The third-order valence-corrected chi connectivity index (χ3v) is 4.32. The normalized spacial score (nSPS) is 10.3. The second-order valence-electron chi connectivity index (χ2n) is 4.94. The van der Waals surface area contributed by atoms with Gasteiger partial charge in [0.15, 0.2) is 0 Å². The zero-order valence-corrected chi connectivity index (χ0v) is 13.9. The molecule has 0 saturated carbocycles. The number of carbonyl (C=O) groups excluding carboxylic acids is 1. The molecular formula is C18H22N2OS. The third kappa shape index (κ3) is 4.53. The lowest BCUT2D eigenvalue weighted by Crippen LogP contribution is -2.33. The number of rotatable bonds is 7. The molecule has 1 N–H and O–H groups in total. The highest BCUT2D eigenvalue weighted by Crippen LogP contribution is 2.22. The molecule has 0 aliphatic heterocycles. The van der Waals surface area contributed by atoms with Crippen LogP contribution >= 0.6 is 11.8 Å². The Bertz CT molecular complexity index is 601. The van der Waals surface area contributed by atoms with E-state index in [1.54, 1.807) is 11.8 Å². The molecule has 0 aromatic heterocycles. The van der Waals surface area contributed by atoms with Crippen LogP contribution in [0.5, 0.6) is 0 Å². The number of thioether (sulfide) groups is 1. The molecule has 116 valence electrons. The smallest absolute Gasteiger partial charge is 0.252 e. The Hall–Kier alpha value is -1.94. The highest BCUT2D eigenvalue weighted by atomic mass is 32.2. The minimum absolute atomic E-state index is 0.00184. The number of amides is 1. The highest BCUT2D eigenvalue weighted by Gasteiger charge is 2.10. The Morgan fingerprint density at radius 2 is 1.77 bits per heavy atom. The minimum Gasteiger partial charge on any atom is -0.373 e.